The van der Waals surface area contributed by atoms with Gasteiger partial charge in [-0.2, -0.15) is 0 Å². The number of likely N-dealkylation sites (N-methyl/N-ethyl adjacent to an activating group) is 1. The second-order valence-corrected chi connectivity index (χ2v) is 6.97. The van der Waals surface area contributed by atoms with E-state index in [-0.39, 0.29) is 35.9 Å². The third kappa shape index (κ3) is 2.32. The number of carbonyl (C=O) groups is 2. The number of para-hydroxylation sites is 2. The van der Waals surface area contributed by atoms with E-state index >= 15 is 0 Å². The molecule has 3 heterocycles. The van der Waals surface area contributed by atoms with Crippen molar-refractivity contribution in [3.63, 3.8) is 0 Å². The minimum Gasteiger partial charge on any atom is -0.490 e. The Hall–Kier alpha value is -1.92. The Labute approximate surface area is 141 Å². The van der Waals surface area contributed by atoms with Crippen molar-refractivity contribution in [1.82, 2.24) is 4.90 Å². The van der Waals surface area contributed by atoms with Gasteiger partial charge in [0.2, 0.25) is 11.8 Å². The van der Waals surface area contributed by atoms with Crippen LogP contribution >= 0.6 is 0 Å². The van der Waals surface area contributed by atoms with Gasteiger partial charge in [0.1, 0.15) is 12.4 Å². The summed E-state index contributed by atoms with van der Waals surface area (Å²) in [6, 6.07) is 7.27. The minimum atomic E-state index is -0.314. The van der Waals surface area contributed by atoms with Crippen molar-refractivity contribution in [2.75, 3.05) is 32.1 Å². The van der Waals surface area contributed by atoms with E-state index in [2.05, 4.69) is 0 Å². The summed E-state index contributed by atoms with van der Waals surface area (Å²) < 4.78 is 11.6. The maximum atomic E-state index is 12.9. The van der Waals surface area contributed by atoms with Crippen molar-refractivity contribution in [1.29, 1.82) is 0 Å². The van der Waals surface area contributed by atoms with E-state index in [1.54, 1.807) is 6.07 Å². The van der Waals surface area contributed by atoms with Crippen molar-refractivity contribution in [2.45, 2.75) is 25.0 Å². The van der Waals surface area contributed by atoms with E-state index in [4.69, 9.17) is 9.47 Å². The molecule has 24 heavy (non-hydrogen) atoms. The second kappa shape index (κ2) is 5.86. The van der Waals surface area contributed by atoms with Gasteiger partial charge < -0.3 is 14.4 Å². The summed E-state index contributed by atoms with van der Waals surface area (Å²) in [5, 5.41) is 0. The summed E-state index contributed by atoms with van der Waals surface area (Å²) in [6.07, 6.45) is 1.56. The summed E-state index contributed by atoms with van der Waals surface area (Å²) in [5.74, 6) is -0.326. The summed E-state index contributed by atoms with van der Waals surface area (Å²) in [7, 11) is 3.94. The second-order valence-electron chi connectivity index (χ2n) is 6.97. The lowest BCUT2D eigenvalue weighted by Gasteiger charge is -2.21. The topological polar surface area (TPSA) is 59.1 Å². The van der Waals surface area contributed by atoms with Crippen molar-refractivity contribution >= 4 is 17.5 Å². The SMILES string of the molecule is CN(C)CCOc1ccccc1N1C(=O)C2C(C1=O)[C@H]1CC[C@@H]2O1. The van der Waals surface area contributed by atoms with Gasteiger partial charge in [0, 0.05) is 6.54 Å². The zero-order valence-electron chi connectivity index (χ0n) is 14.0. The highest BCUT2D eigenvalue weighted by molar-refractivity contribution is 6.23. The van der Waals surface area contributed by atoms with Gasteiger partial charge in [-0.15, -0.1) is 0 Å². The first-order valence-electron chi connectivity index (χ1n) is 8.48. The molecule has 0 N–H and O–H groups in total. The highest BCUT2D eigenvalue weighted by atomic mass is 16.5. The number of benzene rings is 1. The number of hydrogen-bond donors (Lipinski definition) is 0. The molecule has 1 aromatic rings. The lowest BCUT2D eigenvalue weighted by molar-refractivity contribution is -0.124. The maximum Gasteiger partial charge on any atom is 0.240 e. The molecule has 0 aliphatic carbocycles. The fourth-order valence-corrected chi connectivity index (χ4v) is 4.05. The number of rotatable bonds is 5. The first-order valence-corrected chi connectivity index (χ1v) is 8.48. The molecule has 0 saturated carbocycles. The minimum absolute atomic E-state index is 0.0942. The van der Waals surface area contributed by atoms with Crippen molar-refractivity contribution in [3.05, 3.63) is 24.3 Å². The molecule has 0 aromatic heterocycles. The van der Waals surface area contributed by atoms with Crippen LogP contribution in [0.1, 0.15) is 12.8 Å². The molecule has 3 aliphatic rings. The van der Waals surface area contributed by atoms with Gasteiger partial charge in [0.25, 0.3) is 0 Å². The van der Waals surface area contributed by atoms with Crippen LogP contribution in [0.25, 0.3) is 0 Å². The molecule has 6 nitrogen and oxygen atoms in total. The van der Waals surface area contributed by atoms with Crippen LogP contribution in [-0.4, -0.2) is 56.2 Å². The largest absolute Gasteiger partial charge is 0.490 e. The average Bonchev–Trinajstić information content (AvgIpc) is 3.22. The zero-order chi connectivity index (χ0) is 16.8. The Morgan fingerprint density at radius 1 is 1.12 bits per heavy atom. The van der Waals surface area contributed by atoms with Crippen molar-refractivity contribution < 1.29 is 19.1 Å². The number of fused-ring (bicyclic) bond motifs is 5. The van der Waals surface area contributed by atoms with Gasteiger partial charge in [0.15, 0.2) is 0 Å². The third-order valence-corrected chi connectivity index (χ3v) is 5.19. The Balaban J connectivity index is 1.60. The zero-order valence-corrected chi connectivity index (χ0v) is 14.0. The van der Waals surface area contributed by atoms with E-state index in [1.165, 1.54) is 4.90 Å². The maximum absolute atomic E-state index is 12.9. The van der Waals surface area contributed by atoms with Crippen LogP contribution in [0.5, 0.6) is 5.75 Å². The van der Waals surface area contributed by atoms with Gasteiger partial charge in [0.05, 0.1) is 29.7 Å². The summed E-state index contributed by atoms with van der Waals surface area (Å²) in [5.41, 5.74) is 0.556. The Morgan fingerprint density at radius 3 is 2.38 bits per heavy atom. The van der Waals surface area contributed by atoms with Gasteiger partial charge in [-0.25, -0.2) is 4.90 Å². The summed E-state index contributed by atoms with van der Waals surface area (Å²) in [4.78, 5) is 29.1. The molecule has 3 fully saturated rings. The Kier molecular flexibility index (Phi) is 3.81. The average molecular weight is 330 g/mol. The fourth-order valence-electron chi connectivity index (χ4n) is 4.05. The summed E-state index contributed by atoms with van der Waals surface area (Å²) in [6.45, 7) is 1.26. The van der Waals surface area contributed by atoms with E-state index in [0.717, 1.165) is 19.4 Å². The molecule has 2 unspecified atom stereocenters. The smallest absolute Gasteiger partial charge is 0.240 e. The molecule has 0 spiro atoms. The van der Waals surface area contributed by atoms with E-state index in [1.807, 2.05) is 37.2 Å². The van der Waals surface area contributed by atoms with Crippen LogP contribution < -0.4 is 9.64 Å². The highest BCUT2D eigenvalue weighted by Gasteiger charge is 2.62. The van der Waals surface area contributed by atoms with Crippen LogP contribution in [0.2, 0.25) is 0 Å². The van der Waals surface area contributed by atoms with Crippen molar-refractivity contribution in [2.24, 2.45) is 11.8 Å². The molecule has 2 amide bonds. The Morgan fingerprint density at radius 2 is 1.75 bits per heavy atom. The predicted octanol–water partition coefficient (Wildman–Crippen LogP) is 1.29. The lowest BCUT2D eigenvalue weighted by Crippen LogP contribution is -2.34. The molecule has 2 bridgehead atoms. The molecular weight excluding hydrogens is 308 g/mol. The molecule has 3 aliphatic heterocycles. The van der Waals surface area contributed by atoms with E-state index < -0.39 is 0 Å². The number of anilines is 1. The molecule has 1 aromatic carbocycles. The molecule has 3 saturated heterocycles. The first-order chi connectivity index (χ1) is 11.6. The standard InChI is InChI=1S/C18H22N2O4/c1-19(2)9-10-23-12-6-4-3-5-11(12)20-17(21)15-13-7-8-14(24-13)16(15)18(20)22/h3-6,13-16H,7-10H2,1-2H3/t13-,14+,15?,16?. The van der Waals surface area contributed by atoms with E-state index in [9.17, 15) is 9.59 Å². The quantitative estimate of drug-likeness (QED) is 0.762. The van der Waals surface area contributed by atoms with Gasteiger partial charge in [-0.3, -0.25) is 9.59 Å². The summed E-state index contributed by atoms with van der Waals surface area (Å²) >= 11 is 0. The molecule has 128 valence electrons. The van der Waals surface area contributed by atoms with Crippen LogP contribution in [0, 0.1) is 11.8 Å². The molecule has 4 atom stereocenters. The Bertz CT molecular complexity index is 647. The lowest BCUT2D eigenvalue weighted by atomic mass is 9.81. The van der Waals surface area contributed by atoms with Gasteiger partial charge >= 0.3 is 0 Å². The fraction of sp³-hybridized carbons (Fsp3) is 0.556. The molecule has 0 radical (unpaired) electrons. The number of hydrogen-bond acceptors (Lipinski definition) is 5. The molecule has 4 rings (SSSR count). The predicted molar refractivity (Wildman–Crippen MR) is 87.9 cm³/mol. The van der Waals surface area contributed by atoms with Gasteiger partial charge in [-0.05, 0) is 39.1 Å². The normalized spacial score (nSPS) is 31.2. The number of carbonyl (C=O) groups excluding carboxylic acids is 2. The van der Waals surface area contributed by atoms with Crippen molar-refractivity contribution in [3.8, 4) is 5.75 Å². The molecule has 6 heteroatoms. The molecular formula is C18H22N2O4. The number of imide groups is 1. The van der Waals surface area contributed by atoms with Gasteiger partial charge in [-0.1, -0.05) is 12.1 Å². The monoisotopic (exact) mass is 330 g/mol. The van der Waals surface area contributed by atoms with Crippen LogP contribution in [0.3, 0.4) is 0 Å². The van der Waals surface area contributed by atoms with Crippen LogP contribution in [-0.2, 0) is 14.3 Å². The first kappa shape index (κ1) is 15.6. The van der Waals surface area contributed by atoms with Crippen LogP contribution in [0.4, 0.5) is 5.69 Å². The number of ether oxygens (including phenoxy) is 2. The number of amides is 2. The third-order valence-electron chi connectivity index (χ3n) is 5.19. The highest BCUT2D eigenvalue weighted by Crippen LogP contribution is 2.50. The van der Waals surface area contributed by atoms with E-state index in [0.29, 0.717) is 18.0 Å². The van der Waals surface area contributed by atoms with Crippen LogP contribution in [0.15, 0.2) is 24.3 Å². The number of nitrogens with zero attached hydrogens (tertiary/aromatic N) is 2.